The number of nitrogens with zero attached hydrogens (tertiary/aromatic N) is 1. The molecule has 1 amide bonds. The number of carbonyl (C=O) groups excluding carboxylic acids is 1. The molecule has 1 aromatic carbocycles. The Hall–Kier alpha value is -2.56. The van der Waals surface area contributed by atoms with E-state index in [4.69, 9.17) is 9.47 Å². The number of aromatic nitrogens is 1. The maximum Gasteiger partial charge on any atom is 0.236 e. The molecule has 4 rings (SSSR count). The number of benzene rings is 1. The molecule has 0 spiro atoms. The highest BCUT2D eigenvalue weighted by atomic mass is 16.7. The average molecular weight is 338 g/mol. The van der Waals surface area contributed by atoms with Crippen molar-refractivity contribution in [3.05, 3.63) is 47.7 Å². The van der Waals surface area contributed by atoms with Crippen molar-refractivity contribution in [1.29, 1.82) is 0 Å². The van der Waals surface area contributed by atoms with E-state index < -0.39 is 5.41 Å². The Labute approximate surface area is 147 Å². The first kappa shape index (κ1) is 15.9. The molecular weight excluding hydrogens is 316 g/mol. The second-order valence-corrected chi connectivity index (χ2v) is 7.22. The zero-order chi connectivity index (χ0) is 17.4. The van der Waals surface area contributed by atoms with E-state index in [0.29, 0.717) is 17.5 Å². The molecule has 1 N–H and O–H groups in total. The van der Waals surface area contributed by atoms with Gasteiger partial charge in [0.25, 0.3) is 0 Å². The van der Waals surface area contributed by atoms with Crippen molar-refractivity contribution in [2.45, 2.75) is 38.5 Å². The van der Waals surface area contributed by atoms with Gasteiger partial charge in [0, 0.05) is 5.69 Å². The minimum atomic E-state index is -0.475. The molecule has 5 heteroatoms. The zero-order valence-corrected chi connectivity index (χ0v) is 14.5. The predicted molar refractivity (Wildman–Crippen MR) is 94.9 cm³/mol. The van der Waals surface area contributed by atoms with Crippen molar-refractivity contribution in [2.24, 2.45) is 5.92 Å². The van der Waals surface area contributed by atoms with Crippen molar-refractivity contribution in [1.82, 2.24) is 4.98 Å². The zero-order valence-electron chi connectivity index (χ0n) is 14.5. The lowest BCUT2D eigenvalue weighted by Gasteiger charge is -2.16. The number of hydrogen-bond donors (Lipinski definition) is 1. The van der Waals surface area contributed by atoms with Gasteiger partial charge in [0.15, 0.2) is 11.5 Å². The minimum absolute atomic E-state index is 0.000521. The molecule has 0 saturated heterocycles. The first-order chi connectivity index (χ1) is 12.1. The van der Waals surface area contributed by atoms with Gasteiger partial charge in [-0.05, 0) is 55.0 Å². The summed E-state index contributed by atoms with van der Waals surface area (Å²) in [6.07, 6.45) is 2.57. The van der Waals surface area contributed by atoms with Gasteiger partial charge in [-0.1, -0.05) is 26.0 Å². The number of pyridine rings is 1. The molecule has 1 saturated carbocycles. The molecule has 130 valence electrons. The number of amides is 1. The van der Waals surface area contributed by atoms with E-state index in [1.807, 2.05) is 36.4 Å². The van der Waals surface area contributed by atoms with Gasteiger partial charge in [-0.25, -0.2) is 4.98 Å². The molecule has 1 aliphatic heterocycles. The molecule has 1 fully saturated rings. The summed E-state index contributed by atoms with van der Waals surface area (Å²) in [7, 11) is 0. The van der Waals surface area contributed by atoms with Gasteiger partial charge in [-0.15, -0.1) is 0 Å². The second-order valence-electron chi connectivity index (χ2n) is 7.22. The Morgan fingerprint density at radius 2 is 2.00 bits per heavy atom. The molecular formula is C20H22N2O3. The maximum atomic E-state index is 12.9. The number of nitrogens with one attached hydrogen (secondary N) is 1. The highest BCUT2D eigenvalue weighted by Crippen LogP contribution is 2.51. The van der Waals surface area contributed by atoms with E-state index in [-0.39, 0.29) is 12.7 Å². The lowest BCUT2D eigenvalue weighted by atomic mass is 9.94. The smallest absolute Gasteiger partial charge is 0.236 e. The summed E-state index contributed by atoms with van der Waals surface area (Å²) in [5.74, 6) is 2.61. The summed E-state index contributed by atoms with van der Waals surface area (Å²) in [4.78, 5) is 17.5. The first-order valence-corrected chi connectivity index (χ1v) is 8.74. The van der Waals surface area contributed by atoms with Crippen molar-refractivity contribution in [3.8, 4) is 11.5 Å². The van der Waals surface area contributed by atoms with Crippen molar-refractivity contribution in [3.63, 3.8) is 0 Å². The monoisotopic (exact) mass is 338 g/mol. The Balaban J connectivity index is 1.53. The standard InChI is InChI=1S/C20H22N2O3/c1-13(2)10-15-4-3-5-18(21-15)22-19(23)20(8-9-20)14-6-7-16-17(11-14)25-12-24-16/h3-7,11,13H,8-10,12H2,1-2H3,(H,21,22,23). The van der Waals surface area contributed by atoms with Crippen LogP contribution < -0.4 is 14.8 Å². The molecule has 2 aromatic rings. The van der Waals surface area contributed by atoms with Gasteiger partial charge in [0.2, 0.25) is 12.7 Å². The number of carbonyl (C=O) groups is 1. The van der Waals surface area contributed by atoms with E-state index in [1.54, 1.807) is 0 Å². The van der Waals surface area contributed by atoms with Crippen molar-refractivity contribution < 1.29 is 14.3 Å². The maximum absolute atomic E-state index is 12.9. The summed E-state index contributed by atoms with van der Waals surface area (Å²) < 4.78 is 10.8. The van der Waals surface area contributed by atoms with Crippen LogP contribution in [-0.4, -0.2) is 17.7 Å². The number of fused-ring (bicyclic) bond motifs is 1. The Kier molecular flexibility index (Phi) is 3.86. The van der Waals surface area contributed by atoms with Crippen molar-refractivity contribution in [2.75, 3.05) is 12.1 Å². The van der Waals surface area contributed by atoms with Gasteiger partial charge in [-0.2, -0.15) is 0 Å². The number of anilines is 1. The third kappa shape index (κ3) is 3.06. The molecule has 0 bridgehead atoms. The van der Waals surface area contributed by atoms with E-state index >= 15 is 0 Å². The topological polar surface area (TPSA) is 60.5 Å². The van der Waals surface area contributed by atoms with E-state index in [1.165, 1.54) is 0 Å². The number of rotatable bonds is 5. The quantitative estimate of drug-likeness (QED) is 0.903. The van der Waals surface area contributed by atoms with Gasteiger partial charge in [-0.3, -0.25) is 4.79 Å². The molecule has 25 heavy (non-hydrogen) atoms. The average Bonchev–Trinajstić information content (AvgIpc) is 3.26. The van der Waals surface area contributed by atoms with Gasteiger partial charge >= 0.3 is 0 Å². The van der Waals surface area contributed by atoms with Crippen LogP contribution in [0.4, 0.5) is 5.82 Å². The van der Waals surface area contributed by atoms with Crippen LogP contribution >= 0.6 is 0 Å². The summed E-state index contributed by atoms with van der Waals surface area (Å²) in [6, 6.07) is 11.6. The SMILES string of the molecule is CC(C)Cc1cccc(NC(=O)C2(c3ccc4c(c3)OCO4)CC2)n1. The van der Waals surface area contributed by atoms with E-state index in [0.717, 1.165) is 36.3 Å². The Morgan fingerprint density at radius 1 is 1.20 bits per heavy atom. The van der Waals surface area contributed by atoms with Crippen LogP contribution in [-0.2, 0) is 16.6 Å². The number of hydrogen-bond acceptors (Lipinski definition) is 4. The highest BCUT2D eigenvalue weighted by molar-refractivity contribution is 6.01. The molecule has 5 nitrogen and oxygen atoms in total. The summed E-state index contributed by atoms with van der Waals surface area (Å²) in [5, 5.41) is 3.00. The van der Waals surface area contributed by atoms with Crippen LogP contribution in [0.1, 0.15) is 37.9 Å². The molecule has 0 unspecified atom stereocenters. The van der Waals surface area contributed by atoms with Gasteiger partial charge in [0.05, 0.1) is 5.41 Å². The van der Waals surface area contributed by atoms with Crippen LogP contribution in [0.25, 0.3) is 0 Å². The predicted octanol–water partition coefficient (Wildman–Crippen LogP) is 3.68. The Morgan fingerprint density at radius 3 is 2.76 bits per heavy atom. The lowest BCUT2D eigenvalue weighted by molar-refractivity contribution is -0.118. The highest BCUT2D eigenvalue weighted by Gasteiger charge is 2.51. The molecule has 1 aromatic heterocycles. The third-order valence-electron chi connectivity index (χ3n) is 4.78. The molecule has 2 aliphatic rings. The van der Waals surface area contributed by atoms with Crippen LogP contribution in [0.5, 0.6) is 11.5 Å². The van der Waals surface area contributed by atoms with Crippen LogP contribution in [0.2, 0.25) is 0 Å². The van der Waals surface area contributed by atoms with Gasteiger partial charge in [0.1, 0.15) is 5.82 Å². The summed E-state index contributed by atoms with van der Waals surface area (Å²) in [5.41, 5.74) is 1.50. The fraction of sp³-hybridized carbons (Fsp3) is 0.400. The van der Waals surface area contributed by atoms with Crippen LogP contribution in [0, 0.1) is 5.92 Å². The Bertz CT molecular complexity index is 812. The molecule has 0 atom stereocenters. The van der Waals surface area contributed by atoms with E-state index in [9.17, 15) is 4.79 Å². The van der Waals surface area contributed by atoms with Gasteiger partial charge < -0.3 is 14.8 Å². The van der Waals surface area contributed by atoms with Crippen LogP contribution in [0.3, 0.4) is 0 Å². The first-order valence-electron chi connectivity index (χ1n) is 8.74. The molecule has 1 aliphatic carbocycles. The fourth-order valence-corrected chi connectivity index (χ4v) is 3.28. The second kappa shape index (κ2) is 6.06. The molecule has 2 heterocycles. The van der Waals surface area contributed by atoms with E-state index in [2.05, 4.69) is 24.1 Å². The summed E-state index contributed by atoms with van der Waals surface area (Å²) in [6.45, 7) is 4.56. The summed E-state index contributed by atoms with van der Waals surface area (Å²) >= 11 is 0. The number of ether oxygens (including phenoxy) is 2. The lowest BCUT2D eigenvalue weighted by Crippen LogP contribution is -2.28. The largest absolute Gasteiger partial charge is 0.454 e. The molecule has 0 radical (unpaired) electrons. The third-order valence-corrected chi connectivity index (χ3v) is 4.78. The fourth-order valence-electron chi connectivity index (χ4n) is 3.28. The van der Waals surface area contributed by atoms with Crippen molar-refractivity contribution >= 4 is 11.7 Å². The normalized spacial score (nSPS) is 16.8. The minimum Gasteiger partial charge on any atom is -0.454 e. The van der Waals surface area contributed by atoms with Crippen LogP contribution in [0.15, 0.2) is 36.4 Å².